The van der Waals surface area contributed by atoms with Crippen molar-refractivity contribution in [1.29, 1.82) is 0 Å². The van der Waals surface area contributed by atoms with Gasteiger partial charge in [-0.05, 0) is 17.5 Å². The van der Waals surface area contributed by atoms with Gasteiger partial charge in [-0.25, -0.2) is 13.2 Å². The lowest BCUT2D eigenvalue weighted by molar-refractivity contribution is 0.0602. The molecule has 0 bridgehead atoms. The van der Waals surface area contributed by atoms with Crippen LogP contribution in [0.3, 0.4) is 0 Å². The fraction of sp³-hybridized carbons (Fsp3) is 0.312. The lowest BCUT2D eigenvalue weighted by Gasteiger charge is -2.19. The van der Waals surface area contributed by atoms with Crippen molar-refractivity contribution in [3.63, 3.8) is 0 Å². The number of hydrogen-bond donors (Lipinski definition) is 0. The summed E-state index contributed by atoms with van der Waals surface area (Å²) < 4.78 is 42.1. The number of methoxy groups -OCH3 is 3. The normalized spacial score (nSPS) is 11.4. The van der Waals surface area contributed by atoms with Gasteiger partial charge >= 0.3 is 5.97 Å². The summed E-state index contributed by atoms with van der Waals surface area (Å²) >= 11 is 1.02. The van der Waals surface area contributed by atoms with Crippen LogP contribution in [0.25, 0.3) is 0 Å². The van der Waals surface area contributed by atoms with Crippen LogP contribution in [0.4, 0.5) is 0 Å². The number of carbonyl (C=O) groups is 1. The van der Waals surface area contributed by atoms with E-state index in [0.29, 0.717) is 17.1 Å². The predicted octanol–water partition coefficient (Wildman–Crippen LogP) is 2.37. The molecule has 0 spiro atoms. The molecule has 9 heteroatoms. The summed E-state index contributed by atoms with van der Waals surface area (Å²) in [5.74, 6) is 0.295. The van der Waals surface area contributed by atoms with Crippen molar-refractivity contribution in [3.8, 4) is 11.5 Å². The van der Waals surface area contributed by atoms with E-state index in [1.165, 1.54) is 34.4 Å². The van der Waals surface area contributed by atoms with Gasteiger partial charge in [-0.1, -0.05) is 12.1 Å². The van der Waals surface area contributed by atoms with E-state index in [1.54, 1.807) is 23.6 Å². The van der Waals surface area contributed by atoms with E-state index < -0.39 is 16.0 Å². The Morgan fingerprint density at radius 1 is 1.16 bits per heavy atom. The third kappa shape index (κ3) is 3.78. The minimum absolute atomic E-state index is 0.0481. The quantitative estimate of drug-likeness (QED) is 0.681. The Balaban J connectivity index is 2.37. The van der Waals surface area contributed by atoms with Crippen molar-refractivity contribution in [2.24, 2.45) is 0 Å². The van der Waals surface area contributed by atoms with Gasteiger partial charge in [0, 0.05) is 19.2 Å². The molecule has 0 aliphatic rings. The standard InChI is InChI=1S/C16H19NO6S2/c1-17(10-11-6-5-7-12(21-2)14(11)22-3)25(19,20)13-8-9-24-15(13)16(18)23-4/h5-9H,10H2,1-4H3. The van der Waals surface area contributed by atoms with Crippen LogP contribution in [0.15, 0.2) is 34.5 Å². The van der Waals surface area contributed by atoms with Crippen molar-refractivity contribution in [3.05, 3.63) is 40.1 Å². The Bertz CT molecular complexity index is 859. The zero-order chi connectivity index (χ0) is 18.6. The third-order valence-electron chi connectivity index (χ3n) is 3.57. The van der Waals surface area contributed by atoms with Gasteiger partial charge in [0.1, 0.15) is 9.77 Å². The van der Waals surface area contributed by atoms with Crippen molar-refractivity contribution in [2.45, 2.75) is 11.4 Å². The van der Waals surface area contributed by atoms with Gasteiger partial charge in [0.25, 0.3) is 0 Å². The lowest BCUT2D eigenvalue weighted by atomic mass is 10.2. The molecule has 0 amide bonds. The topological polar surface area (TPSA) is 82.1 Å². The van der Waals surface area contributed by atoms with Gasteiger partial charge in [-0.3, -0.25) is 0 Å². The highest BCUT2D eigenvalue weighted by molar-refractivity contribution is 7.89. The number of carbonyl (C=O) groups excluding carboxylic acids is 1. The van der Waals surface area contributed by atoms with Crippen LogP contribution in [-0.2, 0) is 21.3 Å². The van der Waals surface area contributed by atoms with Gasteiger partial charge in [-0.2, -0.15) is 4.31 Å². The number of thiophene rings is 1. The largest absolute Gasteiger partial charge is 0.493 e. The lowest BCUT2D eigenvalue weighted by Crippen LogP contribution is -2.27. The Morgan fingerprint density at radius 3 is 2.48 bits per heavy atom. The number of hydrogen-bond acceptors (Lipinski definition) is 7. The van der Waals surface area contributed by atoms with Crippen molar-refractivity contribution in [2.75, 3.05) is 28.4 Å². The molecule has 1 heterocycles. The van der Waals surface area contributed by atoms with E-state index in [4.69, 9.17) is 9.47 Å². The number of nitrogens with zero attached hydrogens (tertiary/aromatic N) is 1. The second-order valence-electron chi connectivity index (χ2n) is 5.02. The molecule has 0 N–H and O–H groups in total. The molecule has 136 valence electrons. The summed E-state index contributed by atoms with van der Waals surface area (Å²) in [5.41, 5.74) is 0.641. The van der Waals surface area contributed by atoms with Gasteiger partial charge in [0.05, 0.1) is 21.3 Å². The van der Waals surface area contributed by atoms with Crippen LogP contribution < -0.4 is 9.47 Å². The number of sulfonamides is 1. The molecule has 7 nitrogen and oxygen atoms in total. The summed E-state index contributed by atoms with van der Waals surface area (Å²) in [6.07, 6.45) is 0. The molecule has 0 aliphatic carbocycles. The first-order valence-electron chi connectivity index (χ1n) is 7.18. The second-order valence-corrected chi connectivity index (χ2v) is 7.95. The van der Waals surface area contributed by atoms with Gasteiger partial charge in [0.15, 0.2) is 11.5 Å². The highest BCUT2D eigenvalue weighted by Gasteiger charge is 2.29. The number of rotatable bonds is 7. The molecular formula is C16H19NO6S2. The zero-order valence-electron chi connectivity index (χ0n) is 14.3. The maximum absolute atomic E-state index is 12.8. The van der Waals surface area contributed by atoms with Crippen LogP contribution in [0.2, 0.25) is 0 Å². The Kier molecular flexibility index (Phi) is 6.04. The second kappa shape index (κ2) is 7.85. The molecule has 25 heavy (non-hydrogen) atoms. The van der Waals surface area contributed by atoms with Crippen molar-refractivity contribution < 1.29 is 27.4 Å². The van der Waals surface area contributed by atoms with Crippen LogP contribution in [-0.4, -0.2) is 47.1 Å². The first-order valence-corrected chi connectivity index (χ1v) is 9.50. The molecule has 1 aromatic carbocycles. The van der Waals surface area contributed by atoms with E-state index >= 15 is 0 Å². The summed E-state index contributed by atoms with van der Waals surface area (Å²) in [4.78, 5) is 11.7. The first kappa shape index (κ1) is 19.2. The highest BCUT2D eigenvalue weighted by atomic mass is 32.2. The molecule has 0 aliphatic heterocycles. The number of benzene rings is 1. The zero-order valence-corrected chi connectivity index (χ0v) is 15.9. The summed E-state index contributed by atoms with van der Waals surface area (Å²) in [6.45, 7) is 0.0547. The smallest absolute Gasteiger partial charge is 0.349 e. The summed E-state index contributed by atoms with van der Waals surface area (Å²) in [6, 6.07) is 6.63. The minimum Gasteiger partial charge on any atom is -0.493 e. The molecule has 2 rings (SSSR count). The summed E-state index contributed by atoms with van der Waals surface area (Å²) in [5, 5.41) is 1.54. The van der Waals surface area contributed by atoms with E-state index in [9.17, 15) is 13.2 Å². The van der Waals surface area contributed by atoms with Crippen LogP contribution in [0, 0.1) is 0 Å². The molecule has 0 atom stereocenters. The van der Waals surface area contributed by atoms with E-state index in [2.05, 4.69) is 4.74 Å². The minimum atomic E-state index is -3.88. The van der Waals surface area contributed by atoms with Gasteiger partial charge in [0.2, 0.25) is 10.0 Å². The SMILES string of the molecule is COC(=O)c1sccc1S(=O)(=O)N(C)Cc1cccc(OC)c1OC. The molecule has 0 unspecified atom stereocenters. The molecule has 2 aromatic rings. The molecular weight excluding hydrogens is 366 g/mol. The van der Waals surface area contributed by atoms with E-state index in [1.807, 2.05) is 0 Å². The average molecular weight is 385 g/mol. The third-order valence-corrected chi connectivity index (χ3v) is 6.44. The monoisotopic (exact) mass is 385 g/mol. The number of esters is 1. The highest BCUT2D eigenvalue weighted by Crippen LogP contribution is 2.33. The fourth-order valence-corrected chi connectivity index (χ4v) is 4.77. The number of ether oxygens (including phenoxy) is 3. The predicted molar refractivity (Wildman–Crippen MR) is 93.9 cm³/mol. The average Bonchev–Trinajstić information content (AvgIpc) is 3.11. The Hall–Kier alpha value is -2.10. The van der Waals surface area contributed by atoms with Crippen LogP contribution in [0.1, 0.15) is 15.2 Å². The molecule has 0 saturated heterocycles. The number of para-hydroxylation sites is 1. The summed E-state index contributed by atoms with van der Waals surface area (Å²) in [7, 11) is 1.77. The maximum atomic E-state index is 12.8. The molecule has 0 saturated carbocycles. The van der Waals surface area contributed by atoms with E-state index in [0.717, 1.165) is 15.6 Å². The Morgan fingerprint density at radius 2 is 1.88 bits per heavy atom. The fourth-order valence-electron chi connectivity index (χ4n) is 2.31. The first-order chi connectivity index (χ1) is 11.9. The maximum Gasteiger partial charge on any atom is 0.349 e. The van der Waals surface area contributed by atoms with Crippen molar-refractivity contribution >= 4 is 27.3 Å². The Labute approximate surface area is 150 Å². The van der Waals surface area contributed by atoms with Crippen LogP contribution >= 0.6 is 11.3 Å². The van der Waals surface area contributed by atoms with E-state index in [-0.39, 0.29) is 16.3 Å². The molecule has 1 aromatic heterocycles. The van der Waals surface area contributed by atoms with Crippen molar-refractivity contribution in [1.82, 2.24) is 4.31 Å². The van der Waals surface area contributed by atoms with Gasteiger partial charge in [-0.15, -0.1) is 11.3 Å². The molecule has 0 radical (unpaired) electrons. The molecule has 0 fully saturated rings. The van der Waals surface area contributed by atoms with Crippen LogP contribution in [0.5, 0.6) is 11.5 Å². The van der Waals surface area contributed by atoms with Gasteiger partial charge < -0.3 is 14.2 Å².